The first kappa shape index (κ1) is 8.84. The molecule has 0 bridgehead atoms. The molecule has 1 aliphatic heterocycles. The van der Waals surface area contributed by atoms with Crippen LogP contribution in [0.2, 0.25) is 0 Å². The molecular weight excluding hydrogens is 154 g/mol. The molecule has 3 heteroatoms. The van der Waals surface area contributed by atoms with Gasteiger partial charge in [0.25, 0.3) is 0 Å². The average molecular weight is 167 g/mol. The van der Waals surface area contributed by atoms with Gasteiger partial charge < -0.3 is 10.0 Å². The minimum Gasteiger partial charge on any atom is -0.480 e. The Balaban J connectivity index is 2.69. The standard InChI is InChI=1S/C9H13NO2/c1-3-7(2)10-6-4-5-8(10)9(11)12/h3,8H,1-2,4-6H2,(H,11,12). The summed E-state index contributed by atoms with van der Waals surface area (Å²) in [5.41, 5.74) is 0.708. The third-order valence-corrected chi connectivity index (χ3v) is 2.14. The van der Waals surface area contributed by atoms with Crippen LogP contribution in [0.3, 0.4) is 0 Å². The zero-order chi connectivity index (χ0) is 9.14. The van der Waals surface area contributed by atoms with E-state index in [2.05, 4.69) is 13.2 Å². The third kappa shape index (κ3) is 1.49. The van der Waals surface area contributed by atoms with Gasteiger partial charge in [0, 0.05) is 12.2 Å². The molecule has 0 amide bonds. The van der Waals surface area contributed by atoms with Crippen LogP contribution in [0.4, 0.5) is 0 Å². The van der Waals surface area contributed by atoms with E-state index in [4.69, 9.17) is 5.11 Å². The van der Waals surface area contributed by atoms with E-state index >= 15 is 0 Å². The number of nitrogens with zero attached hydrogens (tertiary/aromatic N) is 1. The van der Waals surface area contributed by atoms with Gasteiger partial charge in [0.2, 0.25) is 0 Å². The first-order chi connectivity index (χ1) is 5.66. The summed E-state index contributed by atoms with van der Waals surface area (Å²) < 4.78 is 0. The Bertz CT molecular complexity index is 223. The number of hydrogen-bond donors (Lipinski definition) is 1. The molecule has 66 valence electrons. The van der Waals surface area contributed by atoms with E-state index in [-0.39, 0.29) is 0 Å². The first-order valence-corrected chi connectivity index (χ1v) is 3.97. The van der Waals surface area contributed by atoms with E-state index in [1.807, 2.05) is 0 Å². The van der Waals surface area contributed by atoms with E-state index in [0.29, 0.717) is 12.1 Å². The van der Waals surface area contributed by atoms with Crippen molar-refractivity contribution in [3.05, 3.63) is 24.9 Å². The summed E-state index contributed by atoms with van der Waals surface area (Å²) in [5.74, 6) is -0.768. The summed E-state index contributed by atoms with van der Waals surface area (Å²) in [6.07, 6.45) is 3.23. The fourth-order valence-electron chi connectivity index (χ4n) is 1.48. The summed E-state index contributed by atoms with van der Waals surface area (Å²) in [4.78, 5) is 12.5. The Morgan fingerprint density at radius 3 is 2.83 bits per heavy atom. The maximum Gasteiger partial charge on any atom is 0.326 e. The number of rotatable bonds is 3. The van der Waals surface area contributed by atoms with E-state index in [9.17, 15) is 4.79 Å². The molecule has 0 spiro atoms. The minimum absolute atomic E-state index is 0.393. The molecule has 0 saturated carbocycles. The Labute approximate surface area is 72.0 Å². The number of carboxylic acids is 1. The van der Waals surface area contributed by atoms with Crippen molar-refractivity contribution >= 4 is 5.97 Å². The van der Waals surface area contributed by atoms with Crippen LogP contribution >= 0.6 is 0 Å². The molecule has 0 aromatic rings. The lowest BCUT2D eigenvalue weighted by Gasteiger charge is -2.23. The Hall–Kier alpha value is -1.25. The van der Waals surface area contributed by atoms with Gasteiger partial charge in [0.15, 0.2) is 0 Å². The molecule has 1 rings (SSSR count). The van der Waals surface area contributed by atoms with Gasteiger partial charge in [-0.1, -0.05) is 13.2 Å². The lowest BCUT2D eigenvalue weighted by molar-refractivity contribution is -0.141. The van der Waals surface area contributed by atoms with Crippen LogP contribution in [-0.4, -0.2) is 28.6 Å². The van der Waals surface area contributed by atoms with Crippen LogP contribution in [0, 0.1) is 0 Å². The third-order valence-electron chi connectivity index (χ3n) is 2.14. The number of hydrogen-bond acceptors (Lipinski definition) is 2. The highest BCUT2D eigenvalue weighted by molar-refractivity contribution is 5.74. The lowest BCUT2D eigenvalue weighted by Crippen LogP contribution is -2.34. The molecule has 1 aliphatic rings. The summed E-state index contributed by atoms with van der Waals surface area (Å²) in [6, 6.07) is -0.393. The van der Waals surface area contributed by atoms with Gasteiger partial charge in [0.1, 0.15) is 6.04 Å². The van der Waals surface area contributed by atoms with E-state index in [0.717, 1.165) is 13.0 Å². The number of carbonyl (C=O) groups is 1. The quantitative estimate of drug-likeness (QED) is 0.643. The van der Waals surface area contributed by atoms with Crippen LogP contribution in [0.25, 0.3) is 0 Å². The highest BCUT2D eigenvalue weighted by Gasteiger charge is 2.30. The number of carboxylic acid groups (broad SMARTS) is 1. The highest BCUT2D eigenvalue weighted by atomic mass is 16.4. The van der Waals surface area contributed by atoms with Crippen LogP contribution in [-0.2, 0) is 4.79 Å². The lowest BCUT2D eigenvalue weighted by atomic mass is 10.2. The summed E-state index contributed by atoms with van der Waals surface area (Å²) in [6.45, 7) is 8.08. The topological polar surface area (TPSA) is 40.5 Å². The smallest absolute Gasteiger partial charge is 0.326 e. The second-order valence-electron chi connectivity index (χ2n) is 2.89. The predicted molar refractivity (Wildman–Crippen MR) is 46.7 cm³/mol. The van der Waals surface area contributed by atoms with Gasteiger partial charge in [-0.25, -0.2) is 4.79 Å². The molecule has 1 fully saturated rings. The van der Waals surface area contributed by atoms with Gasteiger partial charge in [-0.15, -0.1) is 0 Å². The molecule has 1 saturated heterocycles. The number of aliphatic carboxylic acids is 1. The number of allylic oxidation sites excluding steroid dienone is 1. The van der Waals surface area contributed by atoms with Crippen LogP contribution in [0.1, 0.15) is 12.8 Å². The second-order valence-corrected chi connectivity index (χ2v) is 2.89. The van der Waals surface area contributed by atoms with Crippen molar-refractivity contribution < 1.29 is 9.90 Å². The maximum absolute atomic E-state index is 10.7. The average Bonchev–Trinajstić information content (AvgIpc) is 2.50. The Morgan fingerprint density at radius 1 is 1.67 bits per heavy atom. The van der Waals surface area contributed by atoms with Gasteiger partial charge in [-0.2, -0.15) is 0 Å². The first-order valence-electron chi connectivity index (χ1n) is 3.97. The highest BCUT2D eigenvalue weighted by Crippen LogP contribution is 2.21. The zero-order valence-electron chi connectivity index (χ0n) is 6.99. The van der Waals surface area contributed by atoms with Gasteiger partial charge >= 0.3 is 5.97 Å². The van der Waals surface area contributed by atoms with Crippen molar-refractivity contribution in [1.82, 2.24) is 4.90 Å². The van der Waals surface area contributed by atoms with Crippen molar-refractivity contribution in [3.63, 3.8) is 0 Å². The zero-order valence-corrected chi connectivity index (χ0v) is 6.99. The molecule has 0 aromatic carbocycles. The Morgan fingerprint density at radius 2 is 2.33 bits per heavy atom. The van der Waals surface area contributed by atoms with Crippen LogP contribution in [0.5, 0.6) is 0 Å². The van der Waals surface area contributed by atoms with Crippen molar-refractivity contribution in [2.75, 3.05) is 6.54 Å². The van der Waals surface area contributed by atoms with E-state index < -0.39 is 12.0 Å². The normalized spacial score (nSPS) is 22.3. The molecule has 1 unspecified atom stereocenters. The number of likely N-dealkylation sites (tertiary alicyclic amines) is 1. The molecular formula is C9H13NO2. The van der Waals surface area contributed by atoms with Gasteiger partial charge in [-0.05, 0) is 18.9 Å². The molecule has 0 aromatic heterocycles. The summed E-state index contributed by atoms with van der Waals surface area (Å²) in [5, 5.41) is 8.81. The predicted octanol–water partition coefficient (Wildman–Crippen LogP) is 1.24. The molecule has 0 radical (unpaired) electrons. The molecule has 3 nitrogen and oxygen atoms in total. The summed E-state index contributed by atoms with van der Waals surface area (Å²) in [7, 11) is 0. The van der Waals surface area contributed by atoms with E-state index in [1.165, 1.54) is 0 Å². The van der Waals surface area contributed by atoms with Crippen molar-refractivity contribution in [2.45, 2.75) is 18.9 Å². The molecule has 1 N–H and O–H groups in total. The van der Waals surface area contributed by atoms with Gasteiger partial charge in [-0.3, -0.25) is 0 Å². The Kier molecular flexibility index (Phi) is 2.53. The second kappa shape index (κ2) is 3.43. The fraction of sp³-hybridized carbons (Fsp3) is 0.444. The summed E-state index contributed by atoms with van der Waals surface area (Å²) >= 11 is 0. The maximum atomic E-state index is 10.7. The molecule has 1 heterocycles. The minimum atomic E-state index is -0.768. The monoisotopic (exact) mass is 167 g/mol. The SMILES string of the molecule is C=CC(=C)N1CCCC1C(=O)O. The van der Waals surface area contributed by atoms with Crippen molar-refractivity contribution in [2.24, 2.45) is 0 Å². The van der Waals surface area contributed by atoms with Crippen LogP contribution < -0.4 is 0 Å². The van der Waals surface area contributed by atoms with E-state index in [1.54, 1.807) is 11.0 Å². The van der Waals surface area contributed by atoms with Crippen LogP contribution in [0.15, 0.2) is 24.9 Å². The molecule has 12 heavy (non-hydrogen) atoms. The fourth-order valence-corrected chi connectivity index (χ4v) is 1.48. The molecule has 1 atom stereocenters. The largest absolute Gasteiger partial charge is 0.480 e. The van der Waals surface area contributed by atoms with Crippen molar-refractivity contribution in [3.8, 4) is 0 Å². The molecule has 0 aliphatic carbocycles. The van der Waals surface area contributed by atoms with Gasteiger partial charge in [0.05, 0.1) is 0 Å². The van der Waals surface area contributed by atoms with Crippen molar-refractivity contribution in [1.29, 1.82) is 0 Å².